The smallest absolute Gasteiger partial charge is 0.191 e. The SMILES string of the molecule is CCC1(CNC(=NC)NCc2ccccc2-n2ccc(C)n2)CCC1.I. The van der Waals surface area contributed by atoms with E-state index in [2.05, 4.69) is 45.8 Å². The highest BCUT2D eigenvalue weighted by Gasteiger charge is 2.34. The van der Waals surface area contributed by atoms with E-state index in [0.29, 0.717) is 12.0 Å². The van der Waals surface area contributed by atoms with Crippen molar-refractivity contribution < 1.29 is 0 Å². The van der Waals surface area contributed by atoms with E-state index in [1.165, 1.54) is 31.2 Å². The van der Waals surface area contributed by atoms with Crippen LogP contribution in [0.25, 0.3) is 5.69 Å². The molecular weight excluding hydrogens is 437 g/mol. The number of benzene rings is 1. The van der Waals surface area contributed by atoms with E-state index in [0.717, 1.165) is 23.9 Å². The number of aryl methyl sites for hydroxylation is 1. The molecule has 2 aromatic rings. The molecule has 0 aliphatic heterocycles. The van der Waals surface area contributed by atoms with Crippen LogP contribution in [-0.4, -0.2) is 29.3 Å². The summed E-state index contributed by atoms with van der Waals surface area (Å²) in [4.78, 5) is 4.38. The van der Waals surface area contributed by atoms with Gasteiger partial charge in [-0.15, -0.1) is 24.0 Å². The molecule has 142 valence electrons. The zero-order chi connectivity index (χ0) is 17.7. The lowest BCUT2D eigenvalue weighted by molar-refractivity contribution is 0.131. The Hall–Kier alpha value is -1.57. The average Bonchev–Trinajstić information content (AvgIpc) is 3.03. The van der Waals surface area contributed by atoms with Gasteiger partial charge in [0.05, 0.1) is 11.4 Å². The molecule has 5 nitrogen and oxygen atoms in total. The third-order valence-electron chi connectivity index (χ3n) is 5.43. The van der Waals surface area contributed by atoms with Crippen molar-refractivity contribution >= 4 is 29.9 Å². The molecule has 0 amide bonds. The Bertz CT molecular complexity index is 728. The first-order valence-corrected chi connectivity index (χ1v) is 9.21. The molecule has 1 aliphatic rings. The number of hydrogen-bond donors (Lipinski definition) is 2. The normalized spacial score (nSPS) is 15.7. The van der Waals surface area contributed by atoms with Crippen LogP contribution in [-0.2, 0) is 6.54 Å². The van der Waals surface area contributed by atoms with E-state index in [9.17, 15) is 0 Å². The van der Waals surface area contributed by atoms with Crippen LogP contribution < -0.4 is 10.6 Å². The number of rotatable bonds is 6. The van der Waals surface area contributed by atoms with E-state index in [4.69, 9.17) is 0 Å². The van der Waals surface area contributed by atoms with Crippen LogP contribution >= 0.6 is 24.0 Å². The molecule has 0 radical (unpaired) electrons. The standard InChI is InChI=1S/C20H29N5.HI/c1-4-20(11-7-12-20)15-23-19(21-3)22-14-17-8-5-6-9-18(17)25-13-10-16(2)24-25;/h5-6,8-10,13H,4,7,11-12,14-15H2,1-3H3,(H2,21,22,23);1H. The number of halogens is 1. The minimum Gasteiger partial charge on any atom is -0.356 e. The summed E-state index contributed by atoms with van der Waals surface area (Å²) in [6.07, 6.45) is 7.25. The lowest BCUT2D eigenvalue weighted by atomic mass is 9.67. The molecular formula is C20H30IN5. The van der Waals surface area contributed by atoms with Crippen LogP contribution in [0.3, 0.4) is 0 Å². The fraction of sp³-hybridized carbons (Fsp3) is 0.500. The number of guanidine groups is 1. The van der Waals surface area contributed by atoms with E-state index < -0.39 is 0 Å². The summed E-state index contributed by atoms with van der Waals surface area (Å²) in [5.41, 5.74) is 3.79. The average molecular weight is 467 g/mol. The summed E-state index contributed by atoms with van der Waals surface area (Å²) in [5, 5.41) is 11.5. The van der Waals surface area contributed by atoms with Gasteiger partial charge in [-0.05, 0) is 49.3 Å². The quantitative estimate of drug-likeness (QED) is 0.383. The van der Waals surface area contributed by atoms with Gasteiger partial charge in [0.2, 0.25) is 0 Å². The molecule has 0 bridgehead atoms. The molecule has 26 heavy (non-hydrogen) atoms. The van der Waals surface area contributed by atoms with Crippen LogP contribution in [0, 0.1) is 12.3 Å². The summed E-state index contributed by atoms with van der Waals surface area (Å²) < 4.78 is 1.93. The number of nitrogens with zero attached hydrogens (tertiary/aromatic N) is 3. The minimum absolute atomic E-state index is 0. The Morgan fingerprint density at radius 1 is 1.23 bits per heavy atom. The van der Waals surface area contributed by atoms with Gasteiger partial charge < -0.3 is 10.6 Å². The fourth-order valence-electron chi connectivity index (χ4n) is 3.44. The largest absolute Gasteiger partial charge is 0.356 e. The predicted molar refractivity (Wildman–Crippen MR) is 118 cm³/mol. The summed E-state index contributed by atoms with van der Waals surface area (Å²) >= 11 is 0. The Kier molecular flexibility index (Phi) is 7.49. The van der Waals surface area contributed by atoms with Gasteiger partial charge in [-0.1, -0.05) is 31.5 Å². The highest BCUT2D eigenvalue weighted by Crippen LogP contribution is 2.42. The number of para-hydroxylation sites is 1. The van der Waals surface area contributed by atoms with E-state index in [1.54, 1.807) is 0 Å². The number of nitrogens with one attached hydrogen (secondary N) is 2. The van der Waals surface area contributed by atoms with Crippen LogP contribution in [0.4, 0.5) is 0 Å². The topological polar surface area (TPSA) is 54.2 Å². The van der Waals surface area contributed by atoms with Crippen molar-refractivity contribution in [1.82, 2.24) is 20.4 Å². The van der Waals surface area contributed by atoms with E-state index >= 15 is 0 Å². The summed E-state index contributed by atoms with van der Waals surface area (Å²) in [5.74, 6) is 0.867. The van der Waals surface area contributed by atoms with Crippen molar-refractivity contribution in [2.24, 2.45) is 10.4 Å². The molecule has 0 spiro atoms. The Morgan fingerprint density at radius 3 is 2.58 bits per heavy atom. The number of aromatic nitrogens is 2. The Labute approximate surface area is 173 Å². The van der Waals surface area contributed by atoms with Crippen LogP contribution in [0.2, 0.25) is 0 Å². The Morgan fingerprint density at radius 2 is 2.00 bits per heavy atom. The van der Waals surface area contributed by atoms with Gasteiger partial charge in [-0.25, -0.2) is 4.68 Å². The predicted octanol–water partition coefficient (Wildman–Crippen LogP) is 4.04. The fourth-order valence-corrected chi connectivity index (χ4v) is 3.44. The highest BCUT2D eigenvalue weighted by molar-refractivity contribution is 14.0. The van der Waals surface area contributed by atoms with E-state index in [1.807, 2.05) is 37.0 Å². The first kappa shape index (κ1) is 20.7. The first-order valence-electron chi connectivity index (χ1n) is 9.21. The van der Waals surface area contributed by atoms with Crippen LogP contribution in [0.5, 0.6) is 0 Å². The van der Waals surface area contributed by atoms with Crippen molar-refractivity contribution in [1.29, 1.82) is 0 Å². The highest BCUT2D eigenvalue weighted by atomic mass is 127. The van der Waals surface area contributed by atoms with Crippen molar-refractivity contribution in [3.05, 3.63) is 47.8 Å². The van der Waals surface area contributed by atoms with Crippen LogP contribution in [0.15, 0.2) is 41.5 Å². The van der Waals surface area contributed by atoms with Gasteiger partial charge in [0.1, 0.15) is 0 Å². The maximum Gasteiger partial charge on any atom is 0.191 e. The number of aliphatic imine (C=N–C) groups is 1. The van der Waals surface area contributed by atoms with E-state index in [-0.39, 0.29) is 24.0 Å². The molecule has 0 saturated heterocycles. The molecule has 1 aliphatic carbocycles. The first-order chi connectivity index (χ1) is 12.2. The summed E-state index contributed by atoms with van der Waals surface area (Å²) in [6, 6.07) is 10.4. The third kappa shape index (κ3) is 4.78. The maximum absolute atomic E-state index is 4.53. The second-order valence-electron chi connectivity index (χ2n) is 7.02. The van der Waals surface area contributed by atoms with Crippen molar-refractivity contribution in [3.63, 3.8) is 0 Å². The number of hydrogen-bond acceptors (Lipinski definition) is 2. The van der Waals surface area contributed by atoms with Gasteiger partial charge in [0.15, 0.2) is 5.96 Å². The second-order valence-corrected chi connectivity index (χ2v) is 7.02. The van der Waals surface area contributed by atoms with Crippen molar-refractivity contribution in [2.75, 3.05) is 13.6 Å². The molecule has 3 rings (SSSR count). The molecule has 6 heteroatoms. The van der Waals surface area contributed by atoms with Crippen molar-refractivity contribution in [3.8, 4) is 5.69 Å². The van der Waals surface area contributed by atoms with Gasteiger partial charge in [0, 0.05) is 26.3 Å². The lowest BCUT2D eigenvalue weighted by Crippen LogP contribution is -2.46. The third-order valence-corrected chi connectivity index (χ3v) is 5.43. The minimum atomic E-state index is 0. The van der Waals surface area contributed by atoms with Gasteiger partial charge >= 0.3 is 0 Å². The molecule has 1 saturated carbocycles. The Balaban J connectivity index is 0.00000243. The zero-order valence-electron chi connectivity index (χ0n) is 16.0. The van der Waals surface area contributed by atoms with Crippen molar-refractivity contribution in [2.45, 2.75) is 46.1 Å². The molecule has 1 aromatic carbocycles. The monoisotopic (exact) mass is 467 g/mol. The van der Waals surface area contributed by atoms with Gasteiger partial charge in [-0.3, -0.25) is 4.99 Å². The summed E-state index contributed by atoms with van der Waals surface area (Å²) in [7, 11) is 1.83. The second kappa shape index (κ2) is 9.39. The molecule has 0 unspecified atom stereocenters. The molecule has 1 fully saturated rings. The van der Waals surface area contributed by atoms with Gasteiger partial charge in [0.25, 0.3) is 0 Å². The lowest BCUT2D eigenvalue weighted by Gasteiger charge is -2.41. The molecule has 2 N–H and O–H groups in total. The van der Waals surface area contributed by atoms with Crippen LogP contribution in [0.1, 0.15) is 43.9 Å². The molecule has 1 aromatic heterocycles. The zero-order valence-corrected chi connectivity index (χ0v) is 18.3. The van der Waals surface area contributed by atoms with Gasteiger partial charge in [-0.2, -0.15) is 5.10 Å². The summed E-state index contributed by atoms with van der Waals surface area (Å²) in [6.45, 7) is 6.02. The molecule has 0 atom stereocenters. The molecule has 1 heterocycles. The maximum atomic E-state index is 4.53.